The molecule has 0 aliphatic rings. The van der Waals surface area contributed by atoms with Crippen LogP contribution in [0.4, 0.5) is 5.69 Å². The standard InChI is InChI=1S/C16H12N2O3/c19-16-14-7-4-8-15(18(20)21)13(14)9-10-17(16)11-12-5-2-1-3-6-12/h1-10H,11H2. The molecule has 0 spiro atoms. The van der Waals surface area contributed by atoms with Crippen molar-refractivity contribution in [3.63, 3.8) is 0 Å². The number of pyridine rings is 1. The van der Waals surface area contributed by atoms with Crippen molar-refractivity contribution in [1.82, 2.24) is 4.57 Å². The normalized spacial score (nSPS) is 10.7. The second-order valence-electron chi connectivity index (χ2n) is 4.73. The predicted octanol–water partition coefficient (Wildman–Crippen LogP) is 2.96. The van der Waals surface area contributed by atoms with E-state index in [1.54, 1.807) is 22.9 Å². The number of nitro groups is 1. The predicted molar refractivity (Wildman–Crippen MR) is 80.4 cm³/mol. The molecular formula is C16H12N2O3. The van der Waals surface area contributed by atoms with Crippen LogP contribution >= 0.6 is 0 Å². The SMILES string of the molecule is O=c1c2cccc([N+](=O)[O-])c2ccn1Cc1ccccc1. The topological polar surface area (TPSA) is 65.1 Å². The molecule has 0 atom stereocenters. The van der Waals surface area contributed by atoms with E-state index < -0.39 is 4.92 Å². The second kappa shape index (κ2) is 5.20. The van der Waals surface area contributed by atoms with Gasteiger partial charge in [0, 0.05) is 12.3 Å². The quantitative estimate of drug-likeness (QED) is 0.547. The van der Waals surface area contributed by atoms with E-state index >= 15 is 0 Å². The lowest BCUT2D eigenvalue weighted by Crippen LogP contribution is -2.20. The van der Waals surface area contributed by atoms with Crippen LogP contribution in [0, 0.1) is 10.1 Å². The summed E-state index contributed by atoms with van der Waals surface area (Å²) in [4.78, 5) is 23.0. The molecule has 0 N–H and O–H groups in total. The Morgan fingerprint density at radius 1 is 0.952 bits per heavy atom. The fraction of sp³-hybridized carbons (Fsp3) is 0.0625. The van der Waals surface area contributed by atoms with Gasteiger partial charge in [-0.05, 0) is 17.7 Å². The molecule has 1 heterocycles. The summed E-state index contributed by atoms with van der Waals surface area (Å²) in [6.45, 7) is 0.443. The lowest BCUT2D eigenvalue weighted by atomic mass is 10.1. The van der Waals surface area contributed by atoms with E-state index in [0.717, 1.165) is 5.56 Å². The molecule has 1 aromatic heterocycles. The minimum Gasteiger partial charge on any atom is -0.311 e. The fourth-order valence-corrected chi connectivity index (χ4v) is 2.37. The van der Waals surface area contributed by atoms with Crippen LogP contribution in [0.2, 0.25) is 0 Å². The Morgan fingerprint density at radius 3 is 2.43 bits per heavy atom. The van der Waals surface area contributed by atoms with E-state index in [-0.39, 0.29) is 11.2 Å². The minimum absolute atomic E-state index is 0.0449. The molecule has 0 saturated heterocycles. The third-order valence-corrected chi connectivity index (χ3v) is 3.39. The number of nitrogens with zero attached hydrogens (tertiary/aromatic N) is 2. The maximum atomic E-state index is 12.4. The van der Waals surface area contributed by atoms with Crippen LogP contribution in [-0.4, -0.2) is 9.49 Å². The van der Waals surface area contributed by atoms with Gasteiger partial charge < -0.3 is 4.57 Å². The molecule has 5 heteroatoms. The Bertz CT molecular complexity index is 870. The van der Waals surface area contributed by atoms with Crippen LogP contribution in [0.3, 0.4) is 0 Å². The molecule has 0 aliphatic heterocycles. The summed E-state index contributed by atoms with van der Waals surface area (Å²) in [5, 5.41) is 11.7. The first-order valence-electron chi connectivity index (χ1n) is 6.47. The molecule has 0 saturated carbocycles. The summed E-state index contributed by atoms with van der Waals surface area (Å²) in [6, 6.07) is 15.8. The summed E-state index contributed by atoms with van der Waals surface area (Å²) >= 11 is 0. The Kier molecular flexibility index (Phi) is 3.23. The number of aromatic nitrogens is 1. The van der Waals surface area contributed by atoms with Gasteiger partial charge >= 0.3 is 0 Å². The van der Waals surface area contributed by atoms with Crippen molar-refractivity contribution in [2.75, 3.05) is 0 Å². The number of nitro benzene ring substituents is 1. The van der Waals surface area contributed by atoms with E-state index in [2.05, 4.69) is 0 Å². The molecular weight excluding hydrogens is 268 g/mol. The molecule has 0 bridgehead atoms. The third-order valence-electron chi connectivity index (χ3n) is 3.39. The van der Waals surface area contributed by atoms with Crippen molar-refractivity contribution >= 4 is 16.5 Å². The number of fused-ring (bicyclic) bond motifs is 1. The van der Waals surface area contributed by atoms with Crippen LogP contribution in [0.1, 0.15) is 5.56 Å². The lowest BCUT2D eigenvalue weighted by Gasteiger charge is -2.07. The summed E-state index contributed by atoms with van der Waals surface area (Å²) in [5.41, 5.74) is 0.737. The van der Waals surface area contributed by atoms with Crippen LogP contribution in [0.15, 0.2) is 65.6 Å². The first-order chi connectivity index (χ1) is 10.2. The van der Waals surface area contributed by atoms with Gasteiger partial charge in [0.25, 0.3) is 11.2 Å². The van der Waals surface area contributed by atoms with E-state index in [0.29, 0.717) is 17.3 Å². The van der Waals surface area contributed by atoms with Crippen LogP contribution in [0.5, 0.6) is 0 Å². The Balaban J connectivity index is 2.13. The number of benzene rings is 2. The average Bonchev–Trinajstić information content (AvgIpc) is 2.50. The van der Waals surface area contributed by atoms with E-state index in [1.165, 1.54) is 12.1 Å². The molecule has 3 aromatic rings. The van der Waals surface area contributed by atoms with Gasteiger partial charge in [0.1, 0.15) is 0 Å². The van der Waals surface area contributed by atoms with Gasteiger partial charge in [0.05, 0.1) is 22.2 Å². The van der Waals surface area contributed by atoms with Crippen LogP contribution in [-0.2, 0) is 6.54 Å². The minimum atomic E-state index is -0.469. The van der Waals surface area contributed by atoms with Gasteiger partial charge in [0.15, 0.2) is 0 Å². The van der Waals surface area contributed by atoms with E-state index in [9.17, 15) is 14.9 Å². The van der Waals surface area contributed by atoms with Crippen LogP contribution < -0.4 is 5.56 Å². The summed E-state index contributed by atoms with van der Waals surface area (Å²) in [6.07, 6.45) is 1.60. The Labute approximate surface area is 120 Å². The van der Waals surface area contributed by atoms with Gasteiger partial charge in [0.2, 0.25) is 0 Å². The number of hydrogen-bond donors (Lipinski definition) is 0. The highest BCUT2D eigenvalue weighted by molar-refractivity contribution is 5.89. The molecule has 0 amide bonds. The van der Waals surface area contributed by atoms with Gasteiger partial charge in [-0.3, -0.25) is 14.9 Å². The number of non-ortho nitro benzene ring substituents is 1. The zero-order chi connectivity index (χ0) is 14.8. The monoisotopic (exact) mass is 280 g/mol. The average molecular weight is 280 g/mol. The molecule has 0 unspecified atom stereocenters. The highest BCUT2D eigenvalue weighted by Gasteiger charge is 2.13. The highest BCUT2D eigenvalue weighted by atomic mass is 16.6. The number of hydrogen-bond acceptors (Lipinski definition) is 3. The zero-order valence-electron chi connectivity index (χ0n) is 11.1. The maximum Gasteiger partial charge on any atom is 0.277 e. The third kappa shape index (κ3) is 2.41. The molecule has 5 nitrogen and oxygen atoms in total. The number of rotatable bonds is 3. The van der Waals surface area contributed by atoms with Gasteiger partial charge in [-0.15, -0.1) is 0 Å². The first-order valence-corrected chi connectivity index (χ1v) is 6.47. The molecule has 0 aliphatic carbocycles. The zero-order valence-corrected chi connectivity index (χ0v) is 11.1. The molecule has 21 heavy (non-hydrogen) atoms. The Morgan fingerprint density at radius 2 is 1.71 bits per heavy atom. The fourth-order valence-electron chi connectivity index (χ4n) is 2.37. The van der Waals surface area contributed by atoms with Gasteiger partial charge in [-0.1, -0.05) is 36.4 Å². The molecule has 3 rings (SSSR count). The van der Waals surface area contributed by atoms with Crippen LogP contribution in [0.25, 0.3) is 10.8 Å². The second-order valence-corrected chi connectivity index (χ2v) is 4.73. The van der Waals surface area contributed by atoms with Crippen molar-refractivity contribution in [3.8, 4) is 0 Å². The highest BCUT2D eigenvalue weighted by Crippen LogP contribution is 2.22. The van der Waals surface area contributed by atoms with E-state index in [4.69, 9.17) is 0 Å². The van der Waals surface area contributed by atoms with Crippen molar-refractivity contribution in [2.24, 2.45) is 0 Å². The summed E-state index contributed by atoms with van der Waals surface area (Å²) < 4.78 is 1.56. The van der Waals surface area contributed by atoms with Crippen molar-refractivity contribution in [1.29, 1.82) is 0 Å². The van der Waals surface area contributed by atoms with Crippen molar-refractivity contribution < 1.29 is 4.92 Å². The lowest BCUT2D eigenvalue weighted by molar-refractivity contribution is -0.383. The van der Waals surface area contributed by atoms with Gasteiger partial charge in [-0.25, -0.2) is 0 Å². The Hall–Kier alpha value is -2.95. The maximum absolute atomic E-state index is 12.4. The van der Waals surface area contributed by atoms with Crippen molar-refractivity contribution in [2.45, 2.75) is 6.54 Å². The molecule has 2 aromatic carbocycles. The van der Waals surface area contributed by atoms with Gasteiger partial charge in [-0.2, -0.15) is 0 Å². The summed E-state index contributed by atoms with van der Waals surface area (Å²) in [5.74, 6) is 0. The van der Waals surface area contributed by atoms with E-state index in [1.807, 2.05) is 30.3 Å². The largest absolute Gasteiger partial charge is 0.311 e. The molecule has 104 valence electrons. The summed E-state index contributed by atoms with van der Waals surface area (Å²) in [7, 11) is 0. The molecule has 0 radical (unpaired) electrons. The molecule has 0 fully saturated rings. The first kappa shape index (κ1) is 13.1. The van der Waals surface area contributed by atoms with Crippen molar-refractivity contribution in [3.05, 3.63) is 86.8 Å². The smallest absolute Gasteiger partial charge is 0.277 e.